The Bertz CT molecular complexity index is 1930. The summed E-state index contributed by atoms with van der Waals surface area (Å²) in [5.41, 5.74) is -0.389. The molecular formula is C29H23ClF4N4O5S. The maximum atomic E-state index is 14.3. The molecule has 0 radical (unpaired) electrons. The predicted molar refractivity (Wildman–Crippen MR) is 150 cm³/mol. The minimum Gasteiger partial charge on any atom is -0.338 e. The molecule has 6 rings (SSSR count). The summed E-state index contributed by atoms with van der Waals surface area (Å²) < 4.78 is 85.2. The predicted octanol–water partition coefficient (Wildman–Crippen LogP) is 4.99. The average molecular weight is 651 g/mol. The minimum atomic E-state index is -4.90. The number of aromatic nitrogens is 2. The molecule has 1 saturated heterocycles. The fraction of sp³-hybridized carbons (Fsp3) is 0.276. The number of halogens is 5. The summed E-state index contributed by atoms with van der Waals surface area (Å²) in [7, 11) is -4.28. The molecule has 0 unspecified atom stereocenters. The van der Waals surface area contributed by atoms with Gasteiger partial charge >= 0.3 is 6.36 Å². The number of rotatable bonds is 7. The van der Waals surface area contributed by atoms with E-state index in [1.54, 1.807) is 19.1 Å². The van der Waals surface area contributed by atoms with Gasteiger partial charge in [0.05, 0.1) is 34.8 Å². The standard InChI is InChI=1S/C29H23ClF4N4O5S/c1-17-2-5-20(6-3-17)44(41,42)38-19(15-23-24(38)8-9-25(30)35-23)16-37-26(39)21-14-18(31)4-7-22(21)28(37)10-11-36(27(28)40)12-13-43-29(32,33)34/h2-9,14-15H,10-13,16H2,1H3/t28-/m0/s1. The van der Waals surface area contributed by atoms with Crippen LogP contribution in [0.3, 0.4) is 0 Å². The van der Waals surface area contributed by atoms with Crippen LogP contribution in [0.1, 0.15) is 33.6 Å². The molecule has 1 fully saturated rings. The van der Waals surface area contributed by atoms with Crippen LogP contribution < -0.4 is 0 Å². The molecule has 15 heteroatoms. The third-order valence-electron chi connectivity index (χ3n) is 7.91. The summed E-state index contributed by atoms with van der Waals surface area (Å²) in [4.78, 5) is 34.3. The van der Waals surface area contributed by atoms with Gasteiger partial charge in [-0.05, 0) is 49.4 Å². The first-order valence-electron chi connectivity index (χ1n) is 13.3. The van der Waals surface area contributed by atoms with E-state index in [0.717, 1.165) is 31.5 Å². The number of amides is 2. The Labute approximate surface area is 253 Å². The number of hydrogen-bond donors (Lipinski definition) is 0. The van der Waals surface area contributed by atoms with E-state index in [9.17, 15) is 35.6 Å². The summed E-state index contributed by atoms with van der Waals surface area (Å²) in [6.45, 7) is 0.0956. The van der Waals surface area contributed by atoms with Gasteiger partial charge in [-0.25, -0.2) is 21.8 Å². The molecule has 44 heavy (non-hydrogen) atoms. The number of pyridine rings is 1. The molecule has 9 nitrogen and oxygen atoms in total. The molecule has 2 aliphatic rings. The van der Waals surface area contributed by atoms with Gasteiger partial charge in [0, 0.05) is 30.6 Å². The van der Waals surface area contributed by atoms with Gasteiger partial charge in [-0.1, -0.05) is 35.4 Å². The second-order valence-electron chi connectivity index (χ2n) is 10.5. The van der Waals surface area contributed by atoms with Crippen molar-refractivity contribution in [1.82, 2.24) is 18.8 Å². The summed E-state index contributed by atoms with van der Waals surface area (Å²) in [6.07, 6.45) is -4.93. The fourth-order valence-electron chi connectivity index (χ4n) is 5.94. The van der Waals surface area contributed by atoms with Crippen molar-refractivity contribution >= 4 is 44.5 Å². The number of likely N-dealkylation sites (tertiary alicyclic amines) is 1. The van der Waals surface area contributed by atoms with Gasteiger partial charge in [0.1, 0.15) is 16.5 Å². The van der Waals surface area contributed by atoms with Crippen LogP contribution in [0.2, 0.25) is 5.15 Å². The van der Waals surface area contributed by atoms with Crippen molar-refractivity contribution < 1.29 is 40.3 Å². The molecule has 4 heterocycles. The lowest BCUT2D eigenvalue weighted by atomic mass is 9.87. The van der Waals surface area contributed by atoms with Gasteiger partial charge in [-0.3, -0.25) is 14.3 Å². The van der Waals surface area contributed by atoms with Gasteiger partial charge < -0.3 is 9.80 Å². The number of fused-ring (bicyclic) bond motifs is 3. The van der Waals surface area contributed by atoms with Gasteiger partial charge in [0.15, 0.2) is 0 Å². The highest BCUT2D eigenvalue weighted by molar-refractivity contribution is 7.90. The molecule has 2 aliphatic heterocycles. The molecule has 0 saturated carbocycles. The molecule has 0 N–H and O–H groups in total. The Balaban J connectivity index is 1.47. The number of aryl methyl sites for hydroxylation is 1. The number of benzene rings is 2. The van der Waals surface area contributed by atoms with Crippen LogP contribution in [-0.2, 0) is 31.6 Å². The van der Waals surface area contributed by atoms with E-state index in [2.05, 4.69) is 9.72 Å². The molecule has 1 atom stereocenters. The zero-order chi connectivity index (χ0) is 31.6. The van der Waals surface area contributed by atoms with Gasteiger partial charge in [0.2, 0.25) is 0 Å². The smallest absolute Gasteiger partial charge is 0.338 e. The van der Waals surface area contributed by atoms with E-state index in [1.807, 2.05) is 0 Å². The first kappa shape index (κ1) is 30.0. The van der Waals surface area contributed by atoms with Crippen molar-refractivity contribution in [2.24, 2.45) is 0 Å². The molecule has 230 valence electrons. The Kier molecular flexibility index (Phi) is 7.21. The Morgan fingerprint density at radius 2 is 1.77 bits per heavy atom. The van der Waals surface area contributed by atoms with E-state index in [0.29, 0.717) is 0 Å². The van der Waals surface area contributed by atoms with E-state index in [1.165, 1.54) is 36.4 Å². The van der Waals surface area contributed by atoms with E-state index in [-0.39, 0.29) is 50.9 Å². The molecule has 2 aromatic carbocycles. The maximum absolute atomic E-state index is 14.3. The second kappa shape index (κ2) is 10.6. The minimum absolute atomic E-state index is 0.0253. The number of nitrogens with zero attached hydrogens (tertiary/aromatic N) is 4. The van der Waals surface area contributed by atoms with E-state index in [4.69, 9.17) is 11.6 Å². The summed E-state index contributed by atoms with van der Waals surface area (Å²) in [5, 5.41) is 0.0909. The van der Waals surface area contributed by atoms with Crippen LogP contribution >= 0.6 is 11.6 Å². The monoisotopic (exact) mass is 650 g/mol. The zero-order valence-electron chi connectivity index (χ0n) is 22.9. The SMILES string of the molecule is Cc1ccc(S(=O)(=O)n2c(CN3C(=O)c4cc(F)ccc4[C@]34CCN(CCOC(F)(F)F)C4=O)cc3nc(Cl)ccc32)cc1. The van der Waals surface area contributed by atoms with Crippen LogP contribution in [0.15, 0.2) is 65.6 Å². The lowest BCUT2D eigenvalue weighted by Gasteiger charge is -2.34. The lowest BCUT2D eigenvalue weighted by molar-refractivity contribution is -0.324. The highest BCUT2D eigenvalue weighted by Crippen LogP contribution is 2.48. The van der Waals surface area contributed by atoms with Crippen molar-refractivity contribution in [3.63, 3.8) is 0 Å². The van der Waals surface area contributed by atoms with Crippen LogP contribution in [0, 0.1) is 12.7 Å². The molecule has 1 spiro atoms. The van der Waals surface area contributed by atoms with Crippen molar-refractivity contribution in [3.8, 4) is 0 Å². The van der Waals surface area contributed by atoms with Gasteiger partial charge in [0.25, 0.3) is 21.8 Å². The van der Waals surface area contributed by atoms with Crippen molar-refractivity contribution in [1.29, 1.82) is 0 Å². The van der Waals surface area contributed by atoms with Crippen LogP contribution in [0.4, 0.5) is 17.6 Å². The fourth-order valence-corrected chi connectivity index (χ4v) is 7.62. The van der Waals surface area contributed by atoms with Crippen LogP contribution in [-0.4, -0.2) is 65.0 Å². The van der Waals surface area contributed by atoms with Crippen molar-refractivity contribution in [3.05, 3.63) is 94.0 Å². The number of alkyl halides is 3. The normalized spacial score (nSPS) is 18.7. The van der Waals surface area contributed by atoms with Crippen LogP contribution in [0.25, 0.3) is 11.0 Å². The molecule has 2 aromatic heterocycles. The zero-order valence-corrected chi connectivity index (χ0v) is 24.5. The molecule has 4 aromatic rings. The Hall–Kier alpha value is -4.01. The first-order chi connectivity index (χ1) is 20.7. The van der Waals surface area contributed by atoms with Crippen LogP contribution in [0.5, 0.6) is 0 Å². The Morgan fingerprint density at radius 3 is 2.48 bits per heavy atom. The van der Waals surface area contributed by atoms with Crippen molar-refractivity contribution in [2.45, 2.75) is 36.7 Å². The lowest BCUT2D eigenvalue weighted by Crippen LogP contribution is -2.50. The first-order valence-corrected chi connectivity index (χ1v) is 15.2. The third-order valence-corrected chi connectivity index (χ3v) is 9.90. The summed E-state index contributed by atoms with van der Waals surface area (Å²) >= 11 is 6.10. The summed E-state index contributed by atoms with van der Waals surface area (Å²) in [6, 6.07) is 13.8. The maximum Gasteiger partial charge on any atom is 0.522 e. The summed E-state index contributed by atoms with van der Waals surface area (Å²) in [5.74, 6) is -2.16. The highest BCUT2D eigenvalue weighted by atomic mass is 35.5. The van der Waals surface area contributed by atoms with E-state index >= 15 is 0 Å². The van der Waals surface area contributed by atoms with Gasteiger partial charge in [-0.15, -0.1) is 13.2 Å². The molecule has 0 aliphatic carbocycles. The molecular weight excluding hydrogens is 628 g/mol. The number of carbonyl (C=O) groups excluding carboxylic acids is 2. The topological polar surface area (TPSA) is 102 Å². The molecule has 2 amide bonds. The number of ether oxygens (including phenoxy) is 1. The average Bonchev–Trinajstić information content (AvgIpc) is 3.55. The third kappa shape index (κ3) is 4.90. The molecule has 0 bridgehead atoms. The Morgan fingerprint density at radius 1 is 1.05 bits per heavy atom. The largest absolute Gasteiger partial charge is 0.522 e. The second-order valence-corrected chi connectivity index (χ2v) is 12.7. The highest BCUT2D eigenvalue weighted by Gasteiger charge is 2.59. The van der Waals surface area contributed by atoms with Crippen molar-refractivity contribution in [2.75, 3.05) is 19.7 Å². The number of hydrogen-bond acceptors (Lipinski definition) is 6. The number of carbonyl (C=O) groups is 2. The van der Waals surface area contributed by atoms with Gasteiger partial charge in [-0.2, -0.15) is 0 Å². The van der Waals surface area contributed by atoms with E-state index < -0.39 is 59.3 Å². The quantitative estimate of drug-likeness (QED) is 0.206.